The van der Waals surface area contributed by atoms with Crippen LogP contribution in [0.4, 0.5) is 5.69 Å². The second kappa shape index (κ2) is 6.56. The van der Waals surface area contributed by atoms with Crippen LogP contribution in [0, 0.1) is 5.92 Å². The molecule has 1 aromatic rings. The zero-order valence-electron chi connectivity index (χ0n) is 12.4. The largest absolute Gasteiger partial charge is 0.481 e. The SMILES string of the molecule is CN(C)C(=O)c1cc(NC2CCCC(C(=O)O)C2)ccn1. The van der Waals surface area contributed by atoms with E-state index in [1.165, 1.54) is 4.90 Å². The Kier molecular flexibility index (Phi) is 4.77. The minimum atomic E-state index is -0.722. The van der Waals surface area contributed by atoms with Crippen molar-refractivity contribution < 1.29 is 14.7 Å². The molecule has 1 amide bonds. The minimum Gasteiger partial charge on any atom is -0.481 e. The van der Waals surface area contributed by atoms with Crippen molar-refractivity contribution in [3.05, 3.63) is 24.0 Å². The van der Waals surface area contributed by atoms with Crippen LogP contribution in [0.1, 0.15) is 36.2 Å². The van der Waals surface area contributed by atoms with E-state index >= 15 is 0 Å². The fraction of sp³-hybridized carbons (Fsp3) is 0.533. The van der Waals surface area contributed by atoms with Crippen molar-refractivity contribution in [2.45, 2.75) is 31.7 Å². The third-order valence-corrected chi connectivity index (χ3v) is 3.78. The summed E-state index contributed by atoms with van der Waals surface area (Å²) in [6.07, 6.45) is 4.81. The Morgan fingerprint density at radius 3 is 2.81 bits per heavy atom. The molecular formula is C15H21N3O3. The van der Waals surface area contributed by atoms with Gasteiger partial charge in [-0.2, -0.15) is 0 Å². The molecule has 2 atom stereocenters. The molecule has 0 spiro atoms. The molecular weight excluding hydrogens is 270 g/mol. The van der Waals surface area contributed by atoms with Crippen LogP contribution < -0.4 is 5.32 Å². The summed E-state index contributed by atoms with van der Waals surface area (Å²) in [5, 5.41) is 12.4. The van der Waals surface area contributed by atoms with E-state index in [-0.39, 0.29) is 17.9 Å². The Bertz CT molecular complexity index is 531. The van der Waals surface area contributed by atoms with Gasteiger partial charge in [0.1, 0.15) is 5.69 Å². The van der Waals surface area contributed by atoms with Gasteiger partial charge in [0, 0.05) is 32.0 Å². The lowest BCUT2D eigenvalue weighted by molar-refractivity contribution is -0.142. The summed E-state index contributed by atoms with van der Waals surface area (Å²) in [5.74, 6) is -1.15. The van der Waals surface area contributed by atoms with Gasteiger partial charge < -0.3 is 15.3 Å². The normalized spacial score (nSPS) is 21.6. The molecule has 2 rings (SSSR count). The Labute approximate surface area is 124 Å². The first kappa shape index (κ1) is 15.3. The number of aromatic nitrogens is 1. The van der Waals surface area contributed by atoms with E-state index in [4.69, 9.17) is 5.11 Å². The predicted octanol–water partition coefficient (Wildman–Crippen LogP) is 1.84. The molecule has 6 nitrogen and oxygen atoms in total. The molecule has 1 aromatic heterocycles. The molecule has 21 heavy (non-hydrogen) atoms. The van der Waals surface area contributed by atoms with Crippen LogP contribution in [0.25, 0.3) is 0 Å². The van der Waals surface area contributed by atoms with Crippen LogP contribution in [0.5, 0.6) is 0 Å². The average molecular weight is 291 g/mol. The number of carboxylic acid groups (broad SMARTS) is 1. The fourth-order valence-electron chi connectivity index (χ4n) is 2.65. The number of aliphatic carboxylic acids is 1. The summed E-state index contributed by atoms with van der Waals surface area (Å²) in [4.78, 5) is 28.5. The Balaban J connectivity index is 2.04. The molecule has 1 aliphatic carbocycles. The van der Waals surface area contributed by atoms with Crippen LogP contribution in [0.3, 0.4) is 0 Å². The summed E-state index contributed by atoms with van der Waals surface area (Å²) in [7, 11) is 3.37. The molecule has 0 saturated heterocycles. The van der Waals surface area contributed by atoms with Crippen LogP contribution in [-0.2, 0) is 4.79 Å². The quantitative estimate of drug-likeness (QED) is 0.884. The third-order valence-electron chi connectivity index (χ3n) is 3.78. The first-order chi connectivity index (χ1) is 9.97. The lowest BCUT2D eigenvalue weighted by Gasteiger charge is -2.28. The topological polar surface area (TPSA) is 82.5 Å². The Hall–Kier alpha value is -2.11. The highest BCUT2D eigenvalue weighted by Crippen LogP contribution is 2.27. The van der Waals surface area contributed by atoms with Gasteiger partial charge in [-0.15, -0.1) is 0 Å². The van der Waals surface area contributed by atoms with E-state index in [1.54, 1.807) is 32.4 Å². The zero-order valence-corrected chi connectivity index (χ0v) is 12.4. The van der Waals surface area contributed by atoms with Crippen LogP contribution >= 0.6 is 0 Å². The maximum Gasteiger partial charge on any atom is 0.306 e. The zero-order chi connectivity index (χ0) is 15.4. The maximum atomic E-state index is 11.9. The summed E-state index contributed by atoms with van der Waals surface area (Å²) in [6, 6.07) is 3.65. The number of nitrogens with one attached hydrogen (secondary N) is 1. The molecule has 0 radical (unpaired) electrons. The standard InChI is InChI=1S/C15H21N3O3/c1-18(2)14(19)13-9-12(6-7-16-13)17-11-5-3-4-10(8-11)15(20)21/h6-7,9-11H,3-5,8H2,1-2H3,(H,16,17)(H,20,21). The molecule has 2 unspecified atom stereocenters. The summed E-state index contributed by atoms with van der Waals surface area (Å²) >= 11 is 0. The average Bonchev–Trinajstić information content (AvgIpc) is 2.47. The van der Waals surface area contributed by atoms with E-state index in [0.717, 1.165) is 24.9 Å². The fourth-order valence-corrected chi connectivity index (χ4v) is 2.65. The number of rotatable bonds is 4. The van der Waals surface area contributed by atoms with Crippen LogP contribution in [0.15, 0.2) is 18.3 Å². The molecule has 0 aliphatic heterocycles. The number of carbonyl (C=O) groups excluding carboxylic acids is 1. The van der Waals surface area contributed by atoms with E-state index in [9.17, 15) is 9.59 Å². The van der Waals surface area contributed by atoms with Gasteiger partial charge in [0.2, 0.25) is 0 Å². The number of pyridine rings is 1. The molecule has 1 heterocycles. The van der Waals surface area contributed by atoms with Crippen molar-refractivity contribution in [2.75, 3.05) is 19.4 Å². The third kappa shape index (κ3) is 3.93. The van der Waals surface area contributed by atoms with Gasteiger partial charge in [-0.05, 0) is 31.4 Å². The van der Waals surface area contributed by atoms with Gasteiger partial charge in [0.05, 0.1) is 5.92 Å². The van der Waals surface area contributed by atoms with Gasteiger partial charge in [-0.1, -0.05) is 6.42 Å². The highest BCUT2D eigenvalue weighted by molar-refractivity contribution is 5.92. The molecule has 1 fully saturated rings. The van der Waals surface area contributed by atoms with E-state index in [0.29, 0.717) is 12.1 Å². The molecule has 1 saturated carbocycles. The lowest BCUT2D eigenvalue weighted by atomic mass is 9.85. The summed E-state index contributed by atoms with van der Waals surface area (Å²) < 4.78 is 0. The van der Waals surface area contributed by atoms with Crippen LogP contribution in [0.2, 0.25) is 0 Å². The predicted molar refractivity (Wildman–Crippen MR) is 79.3 cm³/mol. The second-order valence-electron chi connectivity index (χ2n) is 5.67. The molecule has 2 N–H and O–H groups in total. The van der Waals surface area contributed by atoms with Gasteiger partial charge >= 0.3 is 5.97 Å². The number of anilines is 1. The van der Waals surface area contributed by atoms with Crippen molar-refractivity contribution >= 4 is 17.6 Å². The van der Waals surface area contributed by atoms with Gasteiger partial charge in [0.15, 0.2) is 0 Å². The summed E-state index contributed by atoms with van der Waals surface area (Å²) in [6.45, 7) is 0. The molecule has 6 heteroatoms. The van der Waals surface area contributed by atoms with Gasteiger partial charge in [-0.3, -0.25) is 14.6 Å². The van der Waals surface area contributed by atoms with Crippen molar-refractivity contribution in [3.63, 3.8) is 0 Å². The van der Waals surface area contributed by atoms with E-state index in [2.05, 4.69) is 10.3 Å². The van der Waals surface area contributed by atoms with Gasteiger partial charge in [-0.25, -0.2) is 0 Å². The first-order valence-corrected chi connectivity index (χ1v) is 7.14. The molecule has 1 aliphatic rings. The molecule has 0 aromatic carbocycles. The highest BCUT2D eigenvalue weighted by atomic mass is 16.4. The first-order valence-electron chi connectivity index (χ1n) is 7.14. The number of nitrogens with zero attached hydrogens (tertiary/aromatic N) is 2. The molecule has 0 bridgehead atoms. The number of hydrogen-bond donors (Lipinski definition) is 2. The smallest absolute Gasteiger partial charge is 0.306 e. The van der Waals surface area contributed by atoms with Crippen molar-refractivity contribution in [1.29, 1.82) is 0 Å². The number of carboxylic acids is 1. The highest BCUT2D eigenvalue weighted by Gasteiger charge is 2.26. The van der Waals surface area contributed by atoms with Gasteiger partial charge in [0.25, 0.3) is 5.91 Å². The van der Waals surface area contributed by atoms with E-state index in [1.807, 2.05) is 0 Å². The lowest BCUT2D eigenvalue weighted by Crippen LogP contribution is -2.31. The van der Waals surface area contributed by atoms with Crippen molar-refractivity contribution in [2.24, 2.45) is 5.92 Å². The second-order valence-corrected chi connectivity index (χ2v) is 5.67. The summed E-state index contributed by atoms with van der Waals surface area (Å²) in [5.41, 5.74) is 1.20. The number of carbonyl (C=O) groups is 2. The Morgan fingerprint density at radius 2 is 2.14 bits per heavy atom. The van der Waals surface area contributed by atoms with Crippen LogP contribution in [-0.4, -0.2) is 47.0 Å². The van der Waals surface area contributed by atoms with E-state index < -0.39 is 5.97 Å². The number of amides is 1. The minimum absolute atomic E-state index is 0.129. The maximum absolute atomic E-state index is 11.9. The Morgan fingerprint density at radius 1 is 1.38 bits per heavy atom. The number of hydrogen-bond acceptors (Lipinski definition) is 4. The van der Waals surface area contributed by atoms with Crippen molar-refractivity contribution in [3.8, 4) is 0 Å². The monoisotopic (exact) mass is 291 g/mol. The van der Waals surface area contributed by atoms with Crippen molar-refractivity contribution in [1.82, 2.24) is 9.88 Å². The molecule has 114 valence electrons.